The van der Waals surface area contributed by atoms with Gasteiger partial charge in [0, 0.05) is 32.6 Å². The van der Waals surface area contributed by atoms with E-state index in [-0.39, 0.29) is 23.5 Å². The van der Waals surface area contributed by atoms with Crippen molar-refractivity contribution in [1.82, 2.24) is 14.3 Å². The van der Waals surface area contributed by atoms with Gasteiger partial charge in [-0.3, -0.25) is 0 Å². The van der Waals surface area contributed by atoms with E-state index in [1.165, 1.54) is 16.4 Å². The van der Waals surface area contributed by atoms with Gasteiger partial charge in [0.05, 0.1) is 34.9 Å². The second-order valence-electron chi connectivity index (χ2n) is 8.47. The lowest BCUT2D eigenvalue weighted by atomic mass is 10.1. The van der Waals surface area contributed by atoms with Crippen molar-refractivity contribution in [3.63, 3.8) is 0 Å². The molecule has 2 aromatic carbocycles. The number of anilines is 1. The minimum Gasteiger partial charge on any atom is -0.438 e. The quantitative estimate of drug-likeness (QED) is 0.536. The van der Waals surface area contributed by atoms with E-state index >= 15 is 0 Å². The van der Waals surface area contributed by atoms with Gasteiger partial charge in [0.15, 0.2) is 0 Å². The lowest BCUT2D eigenvalue weighted by Crippen LogP contribution is -2.39. The minimum absolute atomic E-state index is 0.00189. The Balaban J connectivity index is 1.54. The standard InChI is InChI=1S/C25H25N5O4S/c1-18-5-4-7-20(15-18)34-24-21-17-30(35(31,32)23-8-3-2-6-19(23)16-26)10-9-22(21)27-25(28-24)29-11-13-33-14-12-29/h2-8,15H,9-14,17H2,1H3. The fourth-order valence-electron chi connectivity index (χ4n) is 4.25. The first-order valence-corrected chi connectivity index (χ1v) is 12.9. The second kappa shape index (κ2) is 9.62. The van der Waals surface area contributed by atoms with Crippen molar-refractivity contribution < 1.29 is 17.9 Å². The Labute approximate surface area is 204 Å². The molecule has 0 N–H and O–H groups in total. The van der Waals surface area contributed by atoms with Gasteiger partial charge in [-0.2, -0.15) is 14.6 Å². The summed E-state index contributed by atoms with van der Waals surface area (Å²) >= 11 is 0. The summed E-state index contributed by atoms with van der Waals surface area (Å²) in [4.78, 5) is 11.6. The fraction of sp³-hybridized carbons (Fsp3) is 0.320. The maximum absolute atomic E-state index is 13.5. The molecule has 1 saturated heterocycles. The number of rotatable bonds is 5. The minimum atomic E-state index is -3.90. The molecular weight excluding hydrogens is 466 g/mol. The van der Waals surface area contributed by atoms with Crippen LogP contribution in [0.2, 0.25) is 0 Å². The zero-order valence-electron chi connectivity index (χ0n) is 19.3. The number of fused-ring (bicyclic) bond motifs is 1. The summed E-state index contributed by atoms with van der Waals surface area (Å²) < 4.78 is 40.0. The van der Waals surface area contributed by atoms with Gasteiger partial charge in [0.1, 0.15) is 11.8 Å². The van der Waals surface area contributed by atoms with Gasteiger partial charge >= 0.3 is 0 Å². The molecule has 10 heteroatoms. The van der Waals surface area contributed by atoms with Gasteiger partial charge in [0.2, 0.25) is 21.9 Å². The van der Waals surface area contributed by atoms with Crippen LogP contribution in [-0.4, -0.2) is 55.5 Å². The van der Waals surface area contributed by atoms with Crippen molar-refractivity contribution in [3.8, 4) is 17.7 Å². The molecular formula is C25H25N5O4S. The first kappa shape index (κ1) is 23.2. The SMILES string of the molecule is Cc1cccc(Oc2nc(N3CCOCC3)nc3c2CN(S(=O)(=O)c2ccccc2C#N)CC3)c1. The summed E-state index contributed by atoms with van der Waals surface area (Å²) in [6.45, 7) is 4.82. The van der Waals surface area contributed by atoms with Gasteiger partial charge in [-0.1, -0.05) is 24.3 Å². The third kappa shape index (κ3) is 4.71. The zero-order chi connectivity index (χ0) is 24.4. The van der Waals surface area contributed by atoms with Crippen LogP contribution < -0.4 is 9.64 Å². The first-order chi connectivity index (χ1) is 17.0. The highest BCUT2D eigenvalue weighted by Gasteiger charge is 2.33. The molecule has 0 spiro atoms. The molecule has 1 aromatic heterocycles. The molecule has 3 heterocycles. The number of sulfonamides is 1. The van der Waals surface area contributed by atoms with Crippen molar-refractivity contribution in [2.75, 3.05) is 37.7 Å². The molecule has 2 aliphatic heterocycles. The summed E-state index contributed by atoms with van der Waals surface area (Å²) in [6, 6.07) is 15.9. The van der Waals surface area contributed by atoms with Crippen molar-refractivity contribution in [3.05, 3.63) is 70.9 Å². The molecule has 1 fully saturated rings. The Hall–Kier alpha value is -3.52. The van der Waals surface area contributed by atoms with Gasteiger partial charge in [0.25, 0.3) is 0 Å². The third-order valence-electron chi connectivity index (χ3n) is 6.10. The molecule has 35 heavy (non-hydrogen) atoms. The average molecular weight is 492 g/mol. The Morgan fingerprint density at radius 3 is 2.63 bits per heavy atom. The summed E-state index contributed by atoms with van der Waals surface area (Å²) in [7, 11) is -3.90. The second-order valence-corrected chi connectivity index (χ2v) is 10.4. The van der Waals surface area contributed by atoms with E-state index in [0.29, 0.717) is 55.9 Å². The lowest BCUT2D eigenvalue weighted by Gasteiger charge is -2.31. The smallest absolute Gasteiger partial charge is 0.244 e. The topological polar surface area (TPSA) is 109 Å². The Morgan fingerprint density at radius 2 is 1.86 bits per heavy atom. The highest BCUT2D eigenvalue weighted by molar-refractivity contribution is 7.89. The molecule has 2 aliphatic rings. The zero-order valence-corrected chi connectivity index (χ0v) is 20.2. The molecule has 0 unspecified atom stereocenters. The number of ether oxygens (including phenoxy) is 2. The maximum Gasteiger partial charge on any atom is 0.244 e. The van der Waals surface area contributed by atoms with Crippen molar-refractivity contribution >= 4 is 16.0 Å². The largest absolute Gasteiger partial charge is 0.438 e. The van der Waals surface area contributed by atoms with Crippen LogP contribution in [0.3, 0.4) is 0 Å². The average Bonchev–Trinajstić information content (AvgIpc) is 2.89. The number of aromatic nitrogens is 2. The first-order valence-electron chi connectivity index (χ1n) is 11.4. The number of benzene rings is 2. The van der Waals surface area contributed by atoms with E-state index < -0.39 is 10.0 Å². The fourth-order valence-corrected chi connectivity index (χ4v) is 5.81. The van der Waals surface area contributed by atoms with Crippen LogP contribution >= 0.6 is 0 Å². The van der Waals surface area contributed by atoms with E-state index in [1.807, 2.05) is 37.3 Å². The van der Waals surface area contributed by atoms with E-state index in [0.717, 1.165) is 11.3 Å². The van der Waals surface area contributed by atoms with Gasteiger partial charge < -0.3 is 14.4 Å². The number of morpholine rings is 1. The van der Waals surface area contributed by atoms with Crippen LogP contribution in [0, 0.1) is 18.3 Å². The van der Waals surface area contributed by atoms with Crippen LogP contribution in [0.15, 0.2) is 53.4 Å². The van der Waals surface area contributed by atoms with Crippen LogP contribution in [0.4, 0.5) is 5.95 Å². The van der Waals surface area contributed by atoms with Crippen LogP contribution in [0.25, 0.3) is 0 Å². The molecule has 0 amide bonds. The highest BCUT2D eigenvalue weighted by Crippen LogP contribution is 2.34. The lowest BCUT2D eigenvalue weighted by molar-refractivity contribution is 0.122. The summed E-state index contributed by atoms with van der Waals surface area (Å²) in [6.07, 6.45) is 0.410. The van der Waals surface area contributed by atoms with Gasteiger partial charge in [-0.25, -0.2) is 13.4 Å². The summed E-state index contributed by atoms with van der Waals surface area (Å²) in [5, 5.41) is 9.44. The molecule has 0 saturated carbocycles. The predicted octanol–water partition coefficient (Wildman–Crippen LogP) is 3.03. The number of nitriles is 1. The molecule has 3 aromatic rings. The molecule has 0 aliphatic carbocycles. The number of nitrogens with zero attached hydrogens (tertiary/aromatic N) is 5. The third-order valence-corrected chi connectivity index (χ3v) is 8.00. The van der Waals surface area contributed by atoms with Crippen molar-refractivity contribution in [1.29, 1.82) is 5.26 Å². The Kier molecular flexibility index (Phi) is 6.38. The van der Waals surface area contributed by atoms with Gasteiger partial charge in [-0.05, 0) is 36.8 Å². The van der Waals surface area contributed by atoms with Crippen molar-refractivity contribution in [2.24, 2.45) is 0 Å². The van der Waals surface area contributed by atoms with Crippen LogP contribution in [0.5, 0.6) is 11.6 Å². The van der Waals surface area contributed by atoms with E-state index in [9.17, 15) is 13.7 Å². The van der Waals surface area contributed by atoms with E-state index in [2.05, 4.69) is 4.90 Å². The monoisotopic (exact) mass is 491 g/mol. The molecule has 5 rings (SSSR count). The van der Waals surface area contributed by atoms with Crippen LogP contribution in [0.1, 0.15) is 22.4 Å². The molecule has 0 atom stereocenters. The summed E-state index contributed by atoms with van der Waals surface area (Å²) in [5.74, 6) is 1.52. The number of aryl methyl sites for hydroxylation is 1. The molecule has 180 valence electrons. The highest BCUT2D eigenvalue weighted by atomic mass is 32.2. The number of hydrogen-bond donors (Lipinski definition) is 0. The molecule has 0 bridgehead atoms. The van der Waals surface area contributed by atoms with E-state index in [1.54, 1.807) is 12.1 Å². The van der Waals surface area contributed by atoms with Crippen molar-refractivity contribution in [2.45, 2.75) is 24.8 Å². The summed E-state index contributed by atoms with van der Waals surface area (Å²) in [5.41, 5.74) is 2.56. The molecule has 9 nitrogen and oxygen atoms in total. The maximum atomic E-state index is 13.5. The van der Waals surface area contributed by atoms with Crippen LogP contribution in [-0.2, 0) is 27.7 Å². The van der Waals surface area contributed by atoms with Gasteiger partial charge in [-0.15, -0.1) is 0 Å². The Bertz CT molecular complexity index is 1400. The predicted molar refractivity (Wildman–Crippen MR) is 129 cm³/mol. The molecule has 0 radical (unpaired) electrons. The Morgan fingerprint density at radius 1 is 1.06 bits per heavy atom. The normalized spacial score (nSPS) is 16.4. The van der Waals surface area contributed by atoms with E-state index in [4.69, 9.17) is 19.4 Å². The number of hydrogen-bond acceptors (Lipinski definition) is 8.